The third-order valence-electron chi connectivity index (χ3n) is 4.05. The second-order valence-electron chi connectivity index (χ2n) is 7.50. The van der Waals surface area contributed by atoms with Crippen molar-refractivity contribution in [2.45, 2.75) is 33.8 Å². The SMILES string of the molecule is C[C@H](OC(=O)c1cccc([N+](=O)[O-])c1)C(=O)c1ccc(NC(=O)C(C)(C)C)cc1. The molecule has 0 radical (unpaired) electrons. The van der Waals surface area contributed by atoms with Gasteiger partial charge in [0.15, 0.2) is 6.10 Å². The van der Waals surface area contributed by atoms with Crippen molar-refractivity contribution in [3.05, 3.63) is 69.8 Å². The summed E-state index contributed by atoms with van der Waals surface area (Å²) in [6, 6.07) is 11.3. The fraction of sp³-hybridized carbons (Fsp3) is 0.286. The number of Topliss-reactive ketones (excluding diaryl/α,β-unsaturated/α-hetero) is 1. The number of carbonyl (C=O) groups excluding carboxylic acids is 3. The van der Waals surface area contributed by atoms with E-state index in [0.717, 1.165) is 6.07 Å². The van der Waals surface area contributed by atoms with E-state index in [-0.39, 0.29) is 17.2 Å². The maximum atomic E-state index is 12.5. The van der Waals surface area contributed by atoms with Crippen LogP contribution in [0, 0.1) is 15.5 Å². The molecule has 2 rings (SSSR count). The van der Waals surface area contributed by atoms with Crippen LogP contribution >= 0.6 is 0 Å². The molecule has 29 heavy (non-hydrogen) atoms. The number of esters is 1. The summed E-state index contributed by atoms with van der Waals surface area (Å²) in [7, 11) is 0. The zero-order valence-electron chi connectivity index (χ0n) is 16.6. The largest absolute Gasteiger partial charge is 0.451 e. The molecule has 1 atom stereocenters. The van der Waals surface area contributed by atoms with Crippen LogP contribution < -0.4 is 5.32 Å². The predicted octanol–water partition coefficient (Wildman–Crippen LogP) is 4.01. The Balaban J connectivity index is 2.04. The van der Waals surface area contributed by atoms with E-state index < -0.39 is 28.2 Å². The molecule has 2 aromatic carbocycles. The van der Waals surface area contributed by atoms with Gasteiger partial charge in [-0.3, -0.25) is 19.7 Å². The van der Waals surface area contributed by atoms with Crippen molar-refractivity contribution in [3.63, 3.8) is 0 Å². The van der Waals surface area contributed by atoms with Crippen LogP contribution in [0.2, 0.25) is 0 Å². The minimum atomic E-state index is -1.09. The van der Waals surface area contributed by atoms with Crippen LogP contribution in [0.3, 0.4) is 0 Å². The van der Waals surface area contributed by atoms with Gasteiger partial charge in [-0.05, 0) is 37.3 Å². The van der Waals surface area contributed by atoms with E-state index in [4.69, 9.17) is 4.74 Å². The van der Waals surface area contributed by atoms with Crippen molar-refractivity contribution in [2.24, 2.45) is 5.41 Å². The molecule has 8 nitrogen and oxygen atoms in total. The molecule has 0 aliphatic rings. The second kappa shape index (κ2) is 8.64. The number of nitro benzene ring substituents is 1. The number of nitrogens with zero attached hydrogens (tertiary/aromatic N) is 1. The highest BCUT2D eigenvalue weighted by molar-refractivity contribution is 6.02. The van der Waals surface area contributed by atoms with Crippen LogP contribution in [0.1, 0.15) is 48.4 Å². The van der Waals surface area contributed by atoms with Gasteiger partial charge >= 0.3 is 5.97 Å². The summed E-state index contributed by atoms with van der Waals surface area (Å²) in [6.45, 7) is 6.79. The zero-order chi connectivity index (χ0) is 21.8. The number of ketones is 1. The van der Waals surface area contributed by atoms with Gasteiger partial charge in [0, 0.05) is 28.8 Å². The second-order valence-corrected chi connectivity index (χ2v) is 7.50. The molecule has 0 aromatic heterocycles. The highest BCUT2D eigenvalue weighted by Crippen LogP contribution is 2.19. The van der Waals surface area contributed by atoms with Crippen molar-refractivity contribution in [1.82, 2.24) is 0 Å². The van der Waals surface area contributed by atoms with Crippen LogP contribution in [-0.4, -0.2) is 28.7 Å². The van der Waals surface area contributed by atoms with Crippen LogP contribution in [0.5, 0.6) is 0 Å². The molecular weight excluding hydrogens is 376 g/mol. The Kier molecular flexibility index (Phi) is 6.48. The molecular formula is C21H22N2O6. The Bertz CT molecular complexity index is 944. The number of carbonyl (C=O) groups is 3. The van der Waals surface area contributed by atoms with E-state index in [9.17, 15) is 24.5 Å². The van der Waals surface area contributed by atoms with Gasteiger partial charge in [0.2, 0.25) is 11.7 Å². The number of hydrogen-bond acceptors (Lipinski definition) is 6. The summed E-state index contributed by atoms with van der Waals surface area (Å²) in [5, 5.41) is 13.6. The van der Waals surface area contributed by atoms with Gasteiger partial charge < -0.3 is 10.1 Å². The number of hydrogen-bond donors (Lipinski definition) is 1. The summed E-state index contributed by atoms with van der Waals surface area (Å²) < 4.78 is 5.15. The van der Waals surface area contributed by atoms with E-state index in [1.54, 1.807) is 32.9 Å². The van der Waals surface area contributed by atoms with Crippen molar-refractivity contribution >= 4 is 29.0 Å². The Labute approximate surface area is 168 Å². The molecule has 0 saturated heterocycles. The zero-order valence-corrected chi connectivity index (χ0v) is 16.6. The lowest BCUT2D eigenvalue weighted by Crippen LogP contribution is -2.27. The van der Waals surface area contributed by atoms with Crippen molar-refractivity contribution in [1.29, 1.82) is 0 Å². The number of non-ortho nitro benzene ring substituents is 1. The maximum Gasteiger partial charge on any atom is 0.339 e. The quantitative estimate of drug-likeness (QED) is 0.340. The fourth-order valence-corrected chi connectivity index (χ4v) is 2.30. The number of amides is 1. The minimum Gasteiger partial charge on any atom is -0.451 e. The molecule has 2 aromatic rings. The third kappa shape index (κ3) is 5.71. The summed E-state index contributed by atoms with van der Waals surface area (Å²) in [5.74, 6) is -1.42. The molecule has 0 spiro atoms. The molecule has 8 heteroatoms. The molecule has 0 fully saturated rings. The van der Waals surface area contributed by atoms with Crippen molar-refractivity contribution < 1.29 is 24.0 Å². The number of rotatable bonds is 6. The molecule has 0 aliphatic heterocycles. The molecule has 0 aliphatic carbocycles. The Hall–Kier alpha value is -3.55. The van der Waals surface area contributed by atoms with Gasteiger partial charge in [-0.15, -0.1) is 0 Å². The first-order chi connectivity index (χ1) is 13.5. The van der Waals surface area contributed by atoms with Crippen molar-refractivity contribution in [2.75, 3.05) is 5.32 Å². The fourth-order valence-electron chi connectivity index (χ4n) is 2.30. The van der Waals surface area contributed by atoms with Gasteiger partial charge in [0.05, 0.1) is 10.5 Å². The normalized spacial score (nSPS) is 12.0. The maximum absolute atomic E-state index is 12.5. The number of benzene rings is 2. The number of ether oxygens (including phenoxy) is 1. The van der Waals surface area contributed by atoms with E-state index >= 15 is 0 Å². The van der Waals surface area contributed by atoms with Crippen molar-refractivity contribution in [3.8, 4) is 0 Å². The summed E-state index contributed by atoms with van der Waals surface area (Å²) in [6.07, 6.45) is -1.09. The Morgan fingerprint density at radius 1 is 1.03 bits per heavy atom. The number of nitro groups is 1. The molecule has 1 N–H and O–H groups in total. The lowest BCUT2D eigenvalue weighted by molar-refractivity contribution is -0.384. The average Bonchev–Trinajstić information content (AvgIpc) is 2.67. The first-order valence-electron chi connectivity index (χ1n) is 8.90. The van der Waals surface area contributed by atoms with Gasteiger partial charge in [0.25, 0.3) is 5.69 Å². The van der Waals surface area contributed by atoms with Gasteiger partial charge in [0.1, 0.15) is 0 Å². The first-order valence-corrected chi connectivity index (χ1v) is 8.90. The van der Waals surface area contributed by atoms with Gasteiger partial charge in [-0.1, -0.05) is 26.8 Å². The van der Waals surface area contributed by atoms with E-state index in [1.165, 1.54) is 37.3 Å². The predicted molar refractivity (Wildman–Crippen MR) is 107 cm³/mol. The summed E-state index contributed by atoms with van der Waals surface area (Å²) in [4.78, 5) is 46.9. The third-order valence-corrected chi connectivity index (χ3v) is 4.05. The Morgan fingerprint density at radius 2 is 1.66 bits per heavy atom. The number of anilines is 1. The lowest BCUT2D eigenvalue weighted by Gasteiger charge is -2.18. The molecule has 1 amide bonds. The molecule has 152 valence electrons. The van der Waals surface area contributed by atoms with E-state index in [0.29, 0.717) is 11.3 Å². The molecule has 0 bridgehead atoms. The van der Waals surface area contributed by atoms with Crippen LogP contribution in [-0.2, 0) is 9.53 Å². The average molecular weight is 398 g/mol. The van der Waals surface area contributed by atoms with E-state index in [1.807, 2.05) is 0 Å². The Morgan fingerprint density at radius 3 is 2.21 bits per heavy atom. The highest BCUT2D eigenvalue weighted by atomic mass is 16.6. The van der Waals surface area contributed by atoms with E-state index in [2.05, 4.69) is 5.32 Å². The molecule has 0 unspecified atom stereocenters. The van der Waals surface area contributed by atoms with Crippen LogP contribution in [0.15, 0.2) is 48.5 Å². The summed E-state index contributed by atoms with van der Waals surface area (Å²) in [5.41, 5.74) is 0.0372. The monoisotopic (exact) mass is 398 g/mol. The molecule has 0 heterocycles. The standard InChI is InChI=1S/C21H22N2O6/c1-13(29-19(25)15-6-5-7-17(12-15)23(27)28)18(24)14-8-10-16(11-9-14)22-20(26)21(2,3)4/h5-13H,1-4H3,(H,22,26)/t13-/m0/s1. The lowest BCUT2D eigenvalue weighted by atomic mass is 9.95. The van der Waals surface area contributed by atoms with Gasteiger partial charge in [-0.25, -0.2) is 4.79 Å². The number of nitrogens with one attached hydrogen (secondary N) is 1. The smallest absolute Gasteiger partial charge is 0.339 e. The van der Waals surface area contributed by atoms with Gasteiger partial charge in [-0.2, -0.15) is 0 Å². The highest BCUT2D eigenvalue weighted by Gasteiger charge is 2.23. The molecule has 0 saturated carbocycles. The topological polar surface area (TPSA) is 116 Å². The van der Waals surface area contributed by atoms with Crippen LogP contribution in [0.25, 0.3) is 0 Å². The van der Waals surface area contributed by atoms with Crippen LogP contribution in [0.4, 0.5) is 11.4 Å². The minimum absolute atomic E-state index is 0.0147. The summed E-state index contributed by atoms with van der Waals surface area (Å²) >= 11 is 0. The first kappa shape index (κ1) is 21.7.